The zero-order valence-corrected chi connectivity index (χ0v) is 16.1. The minimum absolute atomic E-state index is 0.263. The fourth-order valence-corrected chi connectivity index (χ4v) is 2.73. The first kappa shape index (κ1) is 19.3. The van der Waals surface area contributed by atoms with Crippen LogP contribution in [0.3, 0.4) is 0 Å². The Kier molecular flexibility index (Phi) is 13.0. The molecule has 0 fully saturated rings. The summed E-state index contributed by atoms with van der Waals surface area (Å²) in [5.74, 6) is 0. The lowest BCUT2D eigenvalue weighted by molar-refractivity contribution is 0.119. The lowest BCUT2D eigenvalue weighted by Crippen LogP contribution is -2.03. The van der Waals surface area contributed by atoms with Gasteiger partial charge in [-0.3, -0.25) is 13.6 Å². The summed E-state index contributed by atoms with van der Waals surface area (Å²) < 4.78 is 31.0. The van der Waals surface area contributed by atoms with Crippen LogP contribution in [0, 0.1) is 0 Å². The number of halogens is 2. The van der Waals surface area contributed by atoms with Crippen molar-refractivity contribution in [2.75, 3.05) is 19.8 Å². The fraction of sp³-hybridized carbons (Fsp3) is 0.818. The van der Waals surface area contributed by atoms with E-state index in [9.17, 15) is 4.57 Å². The van der Waals surface area contributed by atoms with E-state index >= 15 is 0 Å². The molecule has 0 unspecified atom stereocenters. The molecule has 108 valence electrons. The van der Waals surface area contributed by atoms with Crippen molar-refractivity contribution in [3.05, 3.63) is 7.66 Å². The SMILES string of the molecule is CCCCOP(=O)(OCCCC)OC/C(I)=C/I. The van der Waals surface area contributed by atoms with E-state index in [0.717, 1.165) is 29.3 Å². The molecule has 18 heavy (non-hydrogen) atoms. The van der Waals surface area contributed by atoms with Crippen LogP contribution in [-0.2, 0) is 18.1 Å². The van der Waals surface area contributed by atoms with Gasteiger partial charge in [0.25, 0.3) is 0 Å². The van der Waals surface area contributed by atoms with Crippen LogP contribution < -0.4 is 0 Å². The van der Waals surface area contributed by atoms with E-state index in [1.54, 1.807) is 0 Å². The average molecular weight is 502 g/mol. The van der Waals surface area contributed by atoms with Crippen molar-refractivity contribution in [2.45, 2.75) is 39.5 Å². The molecular formula is C11H21I2O4P. The maximum Gasteiger partial charge on any atom is 0.475 e. The minimum atomic E-state index is -3.39. The third-order valence-corrected chi connectivity index (χ3v) is 5.98. The van der Waals surface area contributed by atoms with Crippen LogP contribution >= 0.6 is 53.0 Å². The molecule has 4 nitrogen and oxygen atoms in total. The molecule has 0 aromatic rings. The lowest BCUT2D eigenvalue weighted by atomic mass is 10.4. The van der Waals surface area contributed by atoms with Crippen molar-refractivity contribution in [3.63, 3.8) is 0 Å². The van der Waals surface area contributed by atoms with Gasteiger partial charge >= 0.3 is 7.82 Å². The van der Waals surface area contributed by atoms with Gasteiger partial charge in [-0.05, 0) is 39.5 Å². The molecule has 0 aliphatic carbocycles. The predicted octanol–water partition coefficient (Wildman–Crippen LogP) is 5.46. The summed E-state index contributed by atoms with van der Waals surface area (Å²) in [6, 6.07) is 0. The van der Waals surface area contributed by atoms with Gasteiger partial charge in [0, 0.05) is 3.58 Å². The van der Waals surface area contributed by atoms with Gasteiger partial charge in [0.05, 0.1) is 19.8 Å². The summed E-state index contributed by atoms with van der Waals surface area (Å²) in [5.41, 5.74) is 0. The molecule has 0 saturated carbocycles. The summed E-state index contributed by atoms with van der Waals surface area (Å²) in [6.45, 7) is 5.18. The Labute approximate surface area is 137 Å². The Morgan fingerprint density at radius 3 is 2.00 bits per heavy atom. The topological polar surface area (TPSA) is 44.8 Å². The Morgan fingerprint density at radius 2 is 1.61 bits per heavy atom. The second-order valence-corrected chi connectivity index (χ2v) is 7.33. The highest BCUT2D eigenvalue weighted by Gasteiger charge is 2.26. The van der Waals surface area contributed by atoms with Crippen molar-refractivity contribution in [1.29, 1.82) is 0 Å². The Hall–Kier alpha value is 1.31. The number of unbranched alkanes of at least 4 members (excludes halogenated alkanes) is 2. The first-order valence-corrected chi connectivity index (χ1v) is 9.84. The lowest BCUT2D eigenvalue weighted by Gasteiger charge is -2.17. The van der Waals surface area contributed by atoms with Crippen LogP contribution in [0.4, 0.5) is 0 Å². The highest BCUT2D eigenvalue weighted by molar-refractivity contribution is 14.1. The number of rotatable bonds is 11. The van der Waals surface area contributed by atoms with Crippen LogP contribution in [0.1, 0.15) is 39.5 Å². The van der Waals surface area contributed by atoms with Crippen LogP contribution in [0.5, 0.6) is 0 Å². The third kappa shape index (κ3) is 10.1. The molecule has 0 rings (SSSR count). The van der Waals surface area contributed by atoms with Crippen LogP contribution in [0.25, 0.3) is 0 Å². The summed E-state index contributed by atoms with van der Waals surface area (Å²) in [6.07, 6.45) is 3.67. The molecule has 0 aromatic carbocycles. The summed E-state index contributed by atoms with van der Waals surface area (Å²) in [5, 5.41) is 0. The fourth-order valence-electron chi connectivity index (χ4n) is 0.925. The standard InChI is InChI=1S/C11H21I2O4P/c1-3-5-7-15-18(14,16-8-6-4-2)17-10-11(13)9-12/h9H,3-8,10H2,1-2H3/b11-9-. The molecule has 0 aromatic heterocycles. The summed E-state index contributed by atoms with van der Waals surface area (Å²) >= 11 is 4.25. The predicted molar refractivity (Wildman–Crippen MR) is 91.4 cm³/mol. The average Bonchev–Trinajstić information content (AvgIpc) is 2.37. The largest absolute Gasteiger partial charge is 0.475 e. The van der Waals surface area contributed by atoms with E-state index in [1.165, 1.54) is 0 Å². The molecule has 0 aliphatic rings. The molecule has 0 radical (unpaired) electrons. The Balaban J connectivity index is 4.24. The van der Waals surface area contributed by atoms with Crippen LogP contribution in [0.2, 0.25) is 0 Å². The molecule has 0 heterocycles. The van der Waals surface area contributed by atoms with Gasteiger partial charge in [-0.2, -0.15) is 0 Å². The van der Waals surface area contributed by atoms with Crippen molar-refractivity contribution in [1.82, 2.24) is 0 Å². The van der Waals surface area contributed by atoms with E-state index in [0.29, 0.717) is 13.2 Å². The molecule has 0 aliphatic heterocycles. The van der Waals surface area contributed by atoms with Crippen LogP contribution in [-0.4, -0.2) is 19.8 Å². The number of hydrogen-bond donors (Lipinski definition) is 0. The number of phosphoric acid groups is 1. The number of hydrogen-bond acceptors (Lipinski definition) is 4. The van der Waals surface area contributed by atoms with Crippen molar-refractivity contribution < 1.29 is 18.1 Å². The zero-order chi connectivity index (χ0) is 13.9. The van der Waals surface area contributed by atoms with Gasteiger partial charge in [-0.15, -0.1) is 0 Å². The molecule has 0 saturated heterocycles. The van der Waals surface area contributed by atoms with E-state index in [4.69, 9.17) is 13.6 Å². The summed E-state index contributed by atoms with van der Waals surface area (Å²) in [7, 11) is -3.39. The van der Waals surface area contributed by atoms with Gasteiger partial charge in [0.2, 0.25) is 0 Å². The normalized spacial score (nSPS) is 13.0. The van der Waals surface area contributed by atoms with E-state index in [1.807, 2.05) is 4.08 Å². The second-order valence-electron chi connectivity index (χ2n) is 3.65. The highest BCUT2D eigenvalue weighted by atomic mass is 127. The quantitative estimate of drug-likeness (QED) is 0.214. The second kappa shape index (κ2) is 12.1. The van der Waals surface area contributed by atoms with Gasteiger partial charge in [0.1, 0.15) is 0 Å². The van der Waals surface area contributed by atoms with Gasteiger partial charge < -0.3 is 0 Å². The zero-order valence-electron chi connectivity index (χ0n) is 10.9. The molecule has 0 spiro atoms. The Bertz CT molecular complexity index is 270. The first-order valence-electron chi connectivity index (χ1n) is 6.06. The molecule has 7 heteroatoms. The van der Waals surface area contributed by atoms with E-state index in [2.05, 4.69) is 59.0 Å². The monoisotopic (exact) mass is 502 g/mol. The van der Waals surface area contributed by atoms with E-state index in [-0.39, 0.29) is 6.61 Å². The first-order chi connectivity index (χ1) is 8.58. The van der Waals surface area contributed by atoms with Crippen molar-refractivity contribution in [2.24, 2.45) is 0 Å². The minimum Gasteiger partial charge on any atom is -0.287 e. The maximum atomic E-state index is 12.3. The smallest absolute Gasteiger partial charge is 0.287 e. The van der Waals surface area contributed by atoms with Crippen molar-refractivity contribution in [3.8, 4) is 0 Å². The molecular weight excluding hydrogens is 481 g/mol. The molecule has 0 amide bonds. The summed E-state index contributed by atoms with van der Waals surface area (Å²) in [4.78, 5) is 0. The maximum absolute atomic E-state index is 12.3. The molecule has 0 N–H and O–H groups in total. The van der Waals surface area contributed by atoms with Gasteiger partial charge in [0.15, 0.2) is 0 Å². The van der Waals surface area contributed by atoms with Crippen LogP contribution in [0.15, 0.2) is 7.66 Å². The highest BCUT2D eigenvalue weighted by Crippen LogP contribution is 2.50. The number of phosphoric ester groups is 1. The molecule has 0 bridgehead atoms. The van der Waals surface area contributed by atoms with Crippen molar-refractivity contribution >= 4 is 53.0 Å². The Morgan fingerprint density at radius 1 is 1.11 bits per heavy atom. The third-order valence-electron chi connectivity index (χ3n) is 1.97. The molecule has 0 atom stereocenters. The van der Waals surface area contributed by atoms with Gasteiger partial charge in [-0.25, -0.2) is 4.57 Å². The van der Waals surface area contributed by atoms with E-state index < -0.39 is 7.82 Å². The van der Waals surface area contributed by atoms with Gasteiger partial charge in [-0.1, -0.05) is 49.3 Å².